The molecule has 0 bridgehead atoms. The predicted octanol–water partition coefficient (Wildman–Crippen LogP) is 2.43. The van der Waals surface area contributed by atoms with E-state index in [1.165, 1.54) is 0 Å². The van der Waals surface area contributed by atoms with Crippen LogP contribution in [0.2, 0.25) is 0 Å². The normalized spacial score (nSPS) is 12.1. The highest BCUT2D eigenvalue weighted by atomic mass is 16.6. The van der Waals surface area contributed by atoms with Crippen molar-refractivity contribution in [3.05, 3.63) is 131 Å². The van der Waals surface area contributed by atoms with Crippen LogP contribution in [-0.4, -0.2) is 79.7 Å². The Morgan fingerprint density at radius 1 is 0.593 bits per heavy atom. The van der Waals surface area contributed by atoms with Gasteiger partial charge in [-0.1, -0.05) is 109 Å². The Morgan fingerprint density at radius 3 is 1.48 bits per heavy atom. The van der Waals surface area contributed by atoms with E-state index < -0.39 is 53.8 Å². The maximum Gasteiger partial charge on any atom is 0.426 e. The van der Waals surface area contributed by atoms with Crippen LogP contribution in [0.5, 0.6) is 0 Å². The highest BCUT2D eigenvalue weighted by Crippen LogP contribution is 2.44. The van der Waals surface area contributed by atoms with Crippen LogP contribution in [-0.2, 0) is 55.8 Å². The Kier molecular flexibility index (Phi) is 14.4. The van der Waals surface area contributed by atoms with Crippen molar-refractivity contribution in [2.75, 3.05) is 20.8 Å². The standard InChI is InChI=1S/C27H25N3O6.C12H13NO5/c1-35-26(33)25(32)28-23(15-17-9-3-2-4-10-17)24(31)29-30-27(34)36-16-22-20-13-7-5-11-18(20)19-12-6-8-14-21(19)22;1-18-12(17)10(14)13-9(11(15)16)7-8-5-3-2-4-6-8/h2-14,22-23H,15-16H2,1H3,(H,28,32)(H,29,31)(H,30,34);2-6,9H,7H2,1H3,(H,13,14)(H,15,16)/t23-;9-/m00/s1. The lowest BCUT2D eigenvalue weighted by atomic mass is 9.98. The average Bonchev–Trinajstić information content (AvgIpc) is 3.52. The third kappa shape index (κ3) is 11.0. The van der Waals surface area contributed by atoms with Gasteiger partial charge in [-0.15, -0.1) is 0 Å². The fourth-order valence-electron chi connectivity index (χ4n) is 5.56. The van der Waals surface area contributed by atoms with Crippen LogP contribution in [0.1, 0.15) is 28.2 Å². The quantitative estimate of drug-likeness (QED) is 0.0689. The van der Waals surface area contributed by atoms with E-state index in [1.54, 1.807) is 54.6 Å². The van der Waals surface area contributed by atoms with Crippen molar-refractivity contribution in [1.82, 2.24) is 21.5 Å². The molecule has 0 aliphatic heterocycles. The van der Waals surface area contributed by atoms with E-state index in [0.717, 1.165) is 47.6 Å². The minimum absolute atomic E-state index is 0.0717. The molecule has 0 spiro atoms. The number of hydrogen-bond acceptors (Lipinski definition) is 10. The molecule has 0 heterocycles. The van der Waals surface area contributed by atoms with Crippen LogP contribution in [0.25, 0.3) is 11.1 Å². The number of aliphatic carboxylic acids is 1. The molecular weight excluding hydrogens is 700 g/mol. The molecule has 15 heteroatoms. The van der Waals surface area contributed by atoms with Crippen molar-refractivity contribution >= 4 is 41.7 Å². The van der Waals surface area contributed by atoms with Crippen LogP contribution < -0.4 is 21.5 Å². The summed E-state index contributed by atoms with van der Waals surface area (Å²) in [6, 6.07) is 31.3. The molecule has 0 saturated heterocycles. The summed E-state index contributed by atoms with van der Waals surface area (Å²) in [5, 5.41) is 13.4. The second-order valence-corrected chi connectivity index (χ2v) is 11.7. The van der Waals surface area contributed by atoms with E-state index in [0.29, 0.717) is 0 Å². The number of carboxylic acids is 1. The fourth-order valence-corrected chi connectivity index (χ4v) is 5.56. The summed E-state index contributed by atoms with van der Waals surface area (Å²) in [5.41, 5.74) is 10.3. The van der Waals surface area contributed by atoms with E-state index in [-0.39, 0.29) is 25.4 Å². The number of carboxylic acid groups (broad SMARTS) is 1. The van der Waals surface area contributed by atoms with Crippen molar-refractivity contribution in [3.8, 4) is 11.1 Å². The predicted molar refractivity (Wildman–Crippen MR) is 192 cm³/mol. The first-order chi connectivity index (χ1) is 26.0. The molecule has 4 amide bonds. The first-order valence-electron chi connectivity index (χ1n) is 16.5. The van der Waals surface area contributed by atoms with Crippen LogP contribution in [0.4, 0.5) is 4.79 Å². The van der Waals surface area contributed by atoms with Gasteiger partial charge in [0.2, 0.25) is 0 Å². The van der Waals surface area contributed by atoms with Crippen molar-refractivity contribution in [2.24, 2.45) is 0 Å². The zero-order valence-electron chi connectivity index (χ0n) is 29.3. The number of carbonyl (C=O) groups excluding carboxylic acids is 6. The molecule has 0 unspecified atom stereocenters. The monoisotopic (exact) mass is 738 g/mol. The Morgan fingerprint density at radius 2 is 1.02 bits per heavy atom. The summed E-state index contributed by atoms with van der Waals surface area (Å²) in [7, 11) is 2.11. The second kappa shape index (κ2) is 19.5. The van der Waals surface area contributed by atoms with Gasteiger partial charge in [0, 0.05) is 18.8 Å². The first-order valence-corrected chi connectivity index (χ1v) is 16.5. The minimum atomic E-state index is -1.21. The van der Waals surface area contributed by atoms with Gasteiger partial charge in [-0.25, -0.2) is 24.6 Å². The largest absolute Gasteiger partial charge is 0.480 e. The van der Waals surface area contributed by atoms with E-state index in [1.807, 2.05) is 54.6 Å². The number of esters is 2. The number of hydrogen-bond donors (Lipinski definition) is 5. The van der Waals surface area contributed by atoms with Crippen molar-refractivity contribution in [1.29, 1.82) is 0 Å². The number of benzene rings is 4. The van der Waals surface area contributed by atoms with Gasteiger partial charge in [0.05, 0.1) is 14.2 Å². The summed E-state index contributed by atoms with van der Waals surface area (Å²) in [5.74, 6) is -6.47. The number of nitrogens with one attached hydrogen (secondary N) is 4. The summed E-state index contributed by atoms with van der Waals surface area (Å²) in [4.78, 5) is 81.7. The SMILES string of the molecule is COC(=O)C(=O)N[C@@H](Cc1ccccc1)C(=O)NNC(=O)OCC1c2ccccc2-c2ccccc21.COC(=O)C(=O)N[C@@H](Cc1ccccc1)C(=O)O. The van der Waals surface area contributed by atoms with E-state index in [4.69, 9.17) is 9.84 Å². The first kappa shape index (κ1) is 39.8. The highest BCUT2D eigenvalue weighted by Gasteiger charge is 2.30. The van der Waals surface area contributed by atoms with Crippen molar-refractivity contribution < 1.29 is 52.9 Å². The lowest BCUT2D eigenvalue weighted by Gasteiger charge is -2.19. The number of amides is 4. The topological polar surface area (TPSA) is 216 Å². The van der Waals surface area contributed by atoms with E-state index in [2.05, 4.69) is 31.0 Å². The van der Waals surface area contributed by atoms with Gasteiger partial charge >= 0.3 is 35.8 Å². The van der Waals surface area contributed by atoms with Gasteiger partial charge in [0.1, 0.15) is 18.7 Å². The molecule has 1 aliphatic carbocycles. The van der Waals surface area contributed by atoms with E-state index >= 15 is 0 Å². The third-order valence-electron chi connectivity index (χ3n) is 8.16. The number of carbonyl (C=O) groups is 7. The Balaban J connectivity index is 0.000000304. The molecule has 5 N–H and O–H groups in total. The summed E-state index contributed by atoms with van der Waals surface area (Å²) in [6.45, 7) is 0.0717. The Hall–Kier alpha value is -7.03. The zero-order chi connectivity index (χ0) is 39.0. The number of rotatable bonds is 10. The third-order valence-corrected chi connectivity index (χ3v) is 8.16. The average molecular weight is 739 g/mol. The second-order valence-electron chi connectivity index (χ2n) is 11.7. The van der Waals surface area contributed by atoms with Gasteiger partial charge < -0.3 is 30.0 Å². The zero-order valence-corrected chi connectivity index (χ0v) is 29.3. The molecule has 54 heavy (non-hydrogen) atoms. The number of ether oxygens (including phenoxy) is 3. The van der Waals surface area contributed by atoms with Gasteiger partial charge in [-0.3, -0.25) is 19.8 Å². The van der Waals surface area contributed by atoms with Crippen LogP contribution >= 0.6 is 0 Å². The lowest BCUT2D eigenvalue weighted by molar-refractivity contribution is -0.154. The molecule has 0 saturated carbocycles. The molecule has 2 atom stereocenters. The Labute approximate surface area is 310 Å². The maximum absolute atomic E-state index is 12.7. The maximum atomic E-state index is 12.7. The molecule has 0 fully saturated rings. The smallest absolute Gasteiger partial charge is 0.426 e. The molecule has 4 aromatic carbocycles. The molecule has 4 aromatic rings. The molecule has 5 rings (SSSR count). The molecule has 280 valence electrons. The molecule has 1 aliphatic rings. The molecule has 15 nitrogen and oxygen atoms in total. The van der Waals surface area contributed by atoms with Crippen LogP contribution in [0.3, 0.4) is 0 Å². The van der Waals surface area contributed by atoms with Crippen molar-refractivity contribution in [2.45, 2.75) is 30.8 Å². The van der Waals surface area contributed by atoms with Gasteiger partial charge in [0.25, 0.3) is 5.91 Å². The summed E-state index contributed by atoms with van der Waals surface area (Å²) >= 11 is 0. The van der Waals surface area contributed by atoms with Crippen LogP contribution in [0.15, 0.2) is 109 Å². The molecule has 0 radical (unpaired) electrons. The van der Waals surface area contributed by atoms with Gasteiger partial charge in [-0.05, 0) is 33.4 Å². The number of hydrazine groups is 1. The fraction of sp³-hybridized carbons (Fsp3) is 0.205. The highest BCUT2D eigenvalue weighted by molar-refractivity contribution is 6.33. The van der Waals surface area contributed by atoms with Gasteiger partial charge in [-0.2, -0.15) is 0 Å². The molecule has 0 aromatic heterocycles. The Bertz CT molecular complexity index is 1930. The van der Waals surface area contributed by atoms with Crippen molar-refractivity contribution in [3.63, 3.8) is 0 Å². The number of fused-ring (bicyclic) bond motifs is 3. The summed E-state index contributed by atoms with van der Waals surface area (Å²) in [6.07, 6.45) is -0.677. The van der Waals surface area contributed by atoms with E-state index in [9.17, 15) is 33.6 Å². The minimum Gasteiger partial charge on any atom is -0.480 e. The van der Waals surface area contributed by atoms with Gasteiger partial charge in [0.15, 0.2) is 0 Å². The van der Waals surface area contributed by atoms with Crippen LogP contribution in [0, 0.1) is 0 Å². The number of methoxy groups -OCH3 is 2. The summed E-state index contributed by atoms with van der Waals surface area (Å²) < 4.78 is 14.0. The molecular formula is C39H38N4O11. The lowest BCUT2D eigenvalue weighted by Crippen LogP contribution is -2.54.